The molecule has 0 aromatic heterocycles. The number of allylic oxidation sites excluding steroid dienone is 4. The van der Waals surface area contributed by atoms with Crippen LogP contribution in [0, 0.1) is 24.7 Å². The van der Waals surface area contributed by atoms with Gasteiger partial charge < -0.3 is 0 Å². The predicted octanol–water partition coefficient (Wildman–Crippen LogP) is 7.83. The fraction of sp³-hybridized carbons (Fsp3) is 0.583. The molecular formula is C24H38. The summed E-state index contributed by atoms with van der Waals surface area (Å²) in [6.45, 7) is 4.31. The fourth-order valence-corrected chi connectivity index (χ4v) is 4.54. The van der Waals surface area contributed by atoms with E-state index in [9.17, 15) is 0 Å². The maximum absolute atomic E-state index is 2.55. The van der Waals surface area contributed by atoms with Crippen molar-refractivity contribution in [2.75, 3.05) is 0 Å². The highest BCUT2D eigenvalue weighted by molar-refractivity contribution is 5.66. The molecule has 1 fully saturated rings. The summed E-state index contributed by atoms with van der Waals surface area (Å²) in [4.78, 5) is 0. The van der Waals surface area contributed by atoms with E-state index < -0.39 is 0 Å². The molecule has 0 heteroatoms. The molecule has 0 aliphatic heterocycles. The van der Waals surface area contributed by atoms with E-state index in [1.807, 2.05) is 0 Å². The summed E-state index contributed by atoms with van der Waals surface area (Å²) in [6, 6.07) is 9.09. The quantitative estimate of drug-likeness (QED) is 0.494. The summed E-state index contributed by atoms with van der Waals surface area (Å²) in [6.07, 6.45) is 18.3. The fourth-order valence-electron chi connectivity index (χ4n) is 4.54. The third-order valence-corrected chi connectivity index (χ3v) is 6.14. The van der Waals surface area contributed by atoms with Crippen LogP contribution in [0.3, 0.4) is 0 Å². The molecule has 0 heterocycles. The van der Waals surface area contributed by atoms with Gasteiger partial charge in [-0.2, -0.15) is 0 Å². The van der Waals surface area contributed by atoms with E-state index in [0.29, 0.717) is 0 Å². The molecule has 0 bridgehead atoms. The lowest BCUT2D eigenvalue weighted by Crippen LogP contribution is -2.23. The Balaban J connectivity index is 0.00000156. The van der Waals surface area contributed by atoms with Crippen molar-refractivity contribution in [3.05, 3.63) is 53.6 Å². The standard InChI is InChI=1S/C23H32.CH4.H2/c1-3-4-5-19-8-12-21(13-9-19)23-16-14-22(15-17-23)20-10-6-18(2)7-11-20;;/h3-4,6-7,10-11,14,19,21,23H,5,8-9,12-13,15-17H2,1-2H3;1H4;1H/b4-3+;;. The second-order valence-corrected chi connectivity index (χ2v) is 7.72. The van der Waals surface area contributed by atoms with Crippen LogP contribution in [0.1, 0.15) is 78.3 Å². The molecule has 2 aliphatic rings. The Hall–Kier alpha value is -1.30. The highest BCUT2D eigenvalue weighted by atomic mass is 14.3. The Kier molecular flexibility index (Phi) is 7.34. The third kappa shape index (κ3) is 4.85. The topological polar surface area (TPSA) is 0 Å². The monoisotopic (exact) mass is 326 g/mol. The minimum Gasteiger partial charge on any atom is -0.0917 e. The van der Waals surface area contributed by atoms with Crippen molar-refractivity contribution in [1.82, 2.24) is 0 Å². The first kappa shape index (κ1) is 19.0. The first-order valence-corrected chi connectivity index (χ1v) is 9.63. The van der Waals surface area contributed by atoms with Crippen molar-refractivity contribution in [3.63, 3.8) is 0 Å². The molecule has 0 spiro atoms. The van der Waals surface area contributed by atoms with E-state index in [4.69, 9.17) is 0 Å². The normalized spacial score (nSPS) is 27.6. The van der Waals surface area contributed by atoms with Crippen molar-refractivity contribution in [3.8, 4) is 0 Å². The average Bonchev–Trinajstić information content (AvgIpc) is 2.61. The van der Waals surface area contributed by atoms with Crippen LogP contribution < -0.4 is 0 Å². The minimum atomic E-state index is 0. The molecule has 0 saturated heterocycles. The average molecular weight is 327 g/mol. The highest BCUT2D eigenvalue weighted by Crippen LogP contribution is 2.41. The summed E-state index contributed by atoms with van der Waals surface area (Å²) < 4.78 is 0. The summed E-state index contributed by atoms with van der Waals surface area (Å²) in [5.41, 5.74) is 4.39. The van der Waals surface area contributed by atoms with Crippen molar-refractivity contribution >= 4 is 5.57 Å². The highest BCUT2D eigenvalue weighted by Gasteiger charge is 2.28. The molecule has 134 valence electrons. The van der Waals surface area contributed by atoms with Gasteiger partial charge in [-0.3, -0.25) is 0 Å². The maximum Gasteiger partial charge on any atom is 0 e. The van der Waals surface area contributed by atoms with E-state index in [0.717, 1.165) is 17.8 Å². The van der Waals surface area contributed by atoms with Gasteiger partial charge >= 0.3 is 0 Å². The van der Waals surface area contributed by atoms with Gasteiger partial charge in [0.2, 0.25) is 0 Å². The Morgan fingerprint density at radius 2 is 1.71 bits per heavy atom. The van der Waals surface area contributed by atoms with Crippen molar-refractivity contribution in [2.45, 2.75) is 72.6 Å². The molecule has 1 aromatic rings. The number of hydrogen-bond acceptors (Lipinski definition) is 0. The van der Waals surface area contributed by atoms with Gasteiger partial charge in [0.15, 0.2) is 0 Å². The molecule has 0 N–H and O–H groups in total. The molecule has 24 heavy (non-hydrogen) atoms. The van der Waals surface area contributed by atoms with Gasteiger partial charge in [0.25, 0.3) is 0 Å². The van der Waals surface area contributed by atoms with Gasteiger partial charge in [-0.05, 0) is 94.1 Å². The number of rotatable bonds is 4. The van der Waals surface area contributed by atoms with Crippen LogP contribution in [0.4, 0.5) is 0 Å². The number of aryl methyl sites for hydroxylation is 1. The molecule has 1 aromatic carbocycles. The van der Waals surface area contributed by atoms with Crippen molar-refractivity contribution < 1.29 is 1.43 Å². The van der Waals surface area contributed by atoms with Crippen LogP contribution in [-0.2, 0) is 0 Å². The summed E-state index contributed by atoms with van der Waals surface area (Å²) in [5, 5.41) is 0. The summed E-state index contributed by atoms with van der Waals surface area (Å²) >= 11 is 0. The third-order valence-electron chi connectivity index (χ3n) is 6.14. The zero-order valence-corrected chi connectivity index (χ0v) is 14.9. The molecule has 3 rings (SSSR count). The lowest BCUT2D eigenvalue weighted by atomic mass is 9.70. The van der Waals surface area contributed by atoms with E-state index in [2.05, 4.69) is 56.3 Å². The molecule has 2 aliphatic carbocycles. The molecule has 1 atom stereocenters. The number of hydrogen-bond donors (Lipinski definition) is 0. The second kappa shape index (κ2) is 9.25. The molecule has 1 saturated carbocycles. The van der Waals surface area contributed by atoms with E-state index in [-0.39, 0.29) is 8.85 Å². The Morgan fingerprint density at radius 1 is 1.00 bits per heavy atom. The van der Waals surface area contributed by atoms with Gasteiger partial charge in [0, 0.05) is 1.43 Å². The van der Waals surface area contributed by atoms with Gasteiger partial charge in [0.05, 0.1) is 0 Å². The van der Waals surface area contributed by atoms with Crippen molar-refractivity contribution in [1.29, 1.82) is 0 Å². The van der Waals surface area contributed by atoms with Gasteiger partial charge in [-0.15, -0.1) is 0 Å². The largest absolute Gasteiger partial charge is 0.0917 e. The van der Waals surface area contributed by atoms with Crippen LogP contribution in [0.5, 0.6) is 0 Å². The van der Waals surface area contributed by atoms with Crippen molar-refractivity contribution in [2.24, 2.45) is 17.8 Å². The van der Waals surface area contributed by atoms with E-state index >= 15 is 0 Å². The van der Waals surface area contributed by atoms with Crippen LogP contribution in [-0.4, -0.2) is 0 Å². The van der Waals surface area contributed by atoms with E-state index in [1.165, 1.54) is 62.5 Å². The SMILES string of the molecule is C.C/C=C/CC1CCC(C2CC=C(c3ccc(C)cc3)CC2)CC1.[HH]. The van der Waals surface area contributed by atoms with Gasteiger partial charge in [-0.1, -0.05) is 55.5 Å². The van der Waals surface area contributed by atoms with E-state index in [1.54, 1.807) is 5.57 Å². The minimum absolute atomic E-state index is 0. The number of benzene rings is 1. The lowest BCUT2D eigenvalue weighted by Gasteiger charge is -2.35. The first-order valence-electron chi connectivity index (χ1n) is 9.63. The first-order chi connectivity index (χ1) is 11.3. The van der Waals surface area contributed by atoms with Crippen LogP contribution >= 0.6 is 0 Å². The van der Waals surface area contributed by atoms with Gasteiger partial charge in [-0.25, -0.2) is 0 Å². The lowest BCUT2D eigenvalue weighted by molar-refractivity contribution is 0.195. The van der Waals surface area contributed by atoms with Crippen LogP contribution in [0.15, 0.2) is 42.5 Å². The Labute approximate surface area is 151 Å². The summed E-state index contributed by atoms with van der Waals surface area (Å²) in [5.74, 6) is 2.91. The molecule has 1 unspecified atom stereocenters. The Bertz CT molecular complexity index is 544. The maximum atomic E-state index is 2.55. The smallest absolute Gasteiger partial charge is 0 e. The summed E-state index contributed by atoms with van der Waals surface area (Å²) in [7, 11) is 0. The zero-order valence-electron chi connectivity index (χ0n) is 14.9. The zero-order chi connectivity index (χ0) is 16.1. The molecule has 0 amide bonds. The van der Waals surface area contributed by atoms with Crippen LogP contribution in [0.25, 0.3) is 5.57 Å². The molecule has 0 radical (unpaired) electrons. The Morgan fingerprint density at radius 3 is 2.29 bits per heavy atom. The molecule has 0 nitrogen and oxygen atoms in total. The van der Waals surface area contributed by atoms with Crippen LogP contribution in [0.2, 0.25) is 0 Å². The second-order valence-electron chi connectivity index (χ2n) is 7.72. The predicted molar refractivity (Wildman–Crippen MR) is 110 cm³/mol. The molecular weight excluding hydrogens is 288 g/mol. The van der Waals surface area contributed by atoms with Gasteiger partial charge in [0.1, 0.15) is 0 Å².